The molecule has 0 radical (unpaired) electrons. The van der Waals surface area contributed by atoms with E-state index in [1.54, 1.807) is 18.3 Å². The highest BCUT2D eigenvalue weighted by atomic mass is 32.1. The summed E-state index contributed by atoms with van der Waals surface area (Å²) in [5.41, 5.74) is 8.16. The van der Waals surface area contributed by atoms with Gasteiger partial charge in [-0.25, -0.2) is 9.36 Å². The third-order valence-corrected chi connectivity index (χ3v) is 8.60. The predicted molar refractivity (Wildman–Crippen MR) is 139 cm³/mol. The van der Waals surface area contributed by atoms with Crippen LogP contribution in [0, 0.1) is 5.41 Å². The van der Waals surface area contributed by atoms with E-state index in [1.165, 1.54) is 11.5 Å². The van der Waals surface area contributed by atoms with Crippen LogP contribution >= 0.6 is 11.5 Å². The van der Waals surface area contributed by atoms with Gasteiger partial charge in [-0.1, -0.05) is 13.0 Å². The Bertz CT molecular complexity index is 1190. The minimum absolute atomic E-state index is 0.0366. The molecule has 1 aliphatic heterocycles. The Balaban J connectivity index is 1.52. The molecular formula is C27H33N5O3S. The van der Waals surface area contributed by atoms with Crippen LogP contribution in [0.25, 0.3) is 11.3 Å². The molecule has 3 atom stereocenters. The Morgan fingerprint density at radius 3 is 2.81 bits per heavy atom. The molecule has 9 heteroatoms. The number of carbonyl (C=O) groups excluding carboxylic acids is 2. The predicted octanol–water partition coefficient (Wildman–Crippen LogP) is 4.34. The number of ketones is 2. The first kappa shape index (κ1) is 24.8. The first-order valence-corrected chi connectivity index (χ1v) is 13.6. The second-order valence-electron chi connectivity index (χ2n) is 10.1. The van der Waals surface area contributed by atoms with E-state index in [0.717, 1.165) is 44.2 Å². The molecule has 2 aromatic heterocycles. The van der Waals surface area contributed by atoms with E-state index in [1.807, 2.05) is 5.38 Å². The number of carbonyl (C=O) groups is 2. The summed E-state index contributed by atoms with van der Waals surface area (Å²) in [6, 6.07) is 1.94. The lowest BCUT2D eigenvalue weighted by Gasteiger charge is -2.40. The van der Waals surface area contributed by atoms with Crippen molar-refractivity contribution in [1.82, 2.24) is 19.2 Å². The van der Waals surface area contributed by atoms with Crippen LogP contribution < -0.4 is 10.5 Å². The van der Waals surface area contributed by atoms with Gasteiger partial charge in [0.15, 0.2) is 0 Å². The Kier molecular flexibility index (Phi) is 7.03. The van der Waals surface area contributed by atoms with Crippen LogP contribution in [0.4, 0.5) is 0 Å². The Morgan fingerprint density at radius 1 is 1.28 bits per heavy atom. The van der Waals surface area contributed by atoms with Crippen LogP contribution in [0.3, 0.4) is 0 Å². The molecule has 2 fully saturated rings. The molecule has 1 saturated heterocycles. The van der Waals surface area contributed by atoms with E-state index in [2.05, 4.69) is 32.9 Å². The largest absolute Gasteiger partial charge is 0.468 e. The second-order valence-corrected chi connectivity index (χ2v) is 10.8. The summed E-state index contributed by atoms with van der Waals surface area (Å²) < 4.78 is 10.5. The highest BCUT2D eigenvalue weighted by Crippen LogP contribution is 2.47. The lowest BCUT2D eigenvalue weighted by Crippen LogP contribution is -2.42. The highest BCUT2D eigenvalue weighted by Gasteiger charge is 2.46. The van der Waals surface area contributed by atoms with Gasteiger partial charge in [-0.15, -0.1) is 0 Å². The Morgan fingerprint density at radius 2 is 2.11 bits per heavy atom. The molecule has 0 aromatic carbocycles. The molecule has 0 unspecified atom stereocenters. The number of nitrogens with two attached hydrogens (primary N) is 1. The molecular weight excluding hydrogens is 474 g/mol. The Labute approximate surface area is 215 Å². The number of hydrogen-bond donors (Lipinski definition) is 1. The summed E-state index contributed by atoms with van der Waals surface area (Å²) in [7, 11) is 2.08. The van der Waals surface area contributed by atoms with Gasteiger partial charge in [0.1, 0.15) is 11.9 Å². The Hall–Kier alpha value is -2.91. The molecule has 1 spiro atoms. The van der Waals surface area contributed by atoms with Crippen molar-refractivity contribution in [2.45, 2.75) is 69.9 Å². The average Bonchev–Trinajstić information content (AvgIpc) is 3.57. The van der Waals surface area contributed by atoms with Crippen LogP contribution in [0.5, 0.6) is 5.88 Å². The number of ether oxygens (including phenoxy) is 1. The summed E-state index contributed by atoms with van der Waals surface area (Å²) in [6.45, 7) is 4.98. The van der Waals surface area contributed by atoms with E-state index in [4.69, 9.17) is 10.5 Å². The van der Waals surface area contributed by atoms with Gasteiger partial charge in [0.25, 0.3) is 0 Å². The third kappa shape index (κ3) is 4.50. The minimum Gasteiger partial charge on any atom is -0.468 e. The molecule has 190 valence electrons. The number of rotatable bonds is 7. The standard InChI is InChI=1S/C27H33N5O3S/c1-3-21(20-9-7-13-32(20)2)35-23-14-19(17-15-29-36-16-17)30-26(31-23)24(34)18-8-6-12-27(25(18)28)11-5-4-10-22(27)33/h3,14-16,20-21H,1,4-13,28H2,2H3/t20-,21-,27+/m0/s1. The molecule has 2 N–H and O–H groups in total. The quantitative estimate of drug-likeness (QED) is 0.435. The lowest BCUT2D eigenvalue weighted by atomic mass is 9.64. The first-order chi connectivity index (χ1) is 17.4. The summed E-state index contributed by atoms with van der Waals surface area (Å²) in [4.78, 5) is 38.2. The van der Waals surface area contributed by atoms with Crippen molar-refractivity contribution in [3.63, 3.8) is 0 Å². The van der Waals surface area contributed by atoms with Crippen molar-refractivity contribution in [1.29, 1.82) is 0 Å². The zero-order valence-corrected chi connectivity index (χ0v) is 21.6. The van der Waals surface area contributed by atoms with Gasteiger partial charge in [-0.05, 0) is 76.1 Å². The molecule has 2 aliphatic carbocycles. The number of nitrogens with zero attached hydrogens (tertiary/aromatic N) is 4. The van der Waals surface area contributed by atoms with E-state index in [9.17, 15) is 9.59 Å². The number of likely N-dealkylation sites (tertiary alicyclic amines) is 1. The average molecular weight is 508 g/mol. The molecule has 0 bridgehead atoms. The topological polar surface area (TPSA) is 111 Å². The van der Waals surface area contributed by atoms with Crippen molar-refractivity contribution >= 4 is 23.1 Å². The molecule has 5 rings (SSSR count). The van der Waals surface area contributed by atoms with Gasteiger partial charge >= 0.3 is 0 Å². The van der Waals surface area contributed by atoms with E-state index in [0.29, 0.717) is 48.5 Å². The van der Waals surface area contributed by atoms with Gasteiger partial charge < -0.3 is 10.5 Å². The molecule has 8 nitrogen and oxygen atoms in total. The van der Waals surface area contributed by atoms with Gasteiger partial charge in [-0.3, -0.25) is 14.5 Å². The second kappa shape index (κ2) is 10.2. The number of Topliss-reactive ketones (excluding diaryl/α,β-unsaturated/α-hetero) is 2. The van der Waals surface area contributed by atoms with E-state index < -0.39 is 5.41 Å². The maximum Gasteiger partial charge on any atom is 0.228 e. The van der Waals surface area contributed by atoms with Crippen molar-refractivity contribution in [3.05, 3.63) is 47.4 Å². The zero-order chi connectivity index (χ0) is 25.3. The molecule has 36 heavy (non-hydrogen) atoms. The van der Waals surface area contributed by atoms with Crippen LogP contribution in [0.15, 0.2) is 41.6 Å². The lowest BCUT2D eigenvalue weighted by molar-refractivity contribution is -0.129. The van der Waals surface area contributed by atoms with Crippen molar-refractivity contribution in [2.75, 3.05) is 13.6 Å². The smallest absolute Gasteiger partial charge is 0.228 e. The van der Waals surface area contributed by atoms with Gasteiger partial charge in [-0.2, -0.15) is 4.98 Å². The van der Waals surface area contributed by atoms with Gasteiger partial charge in [0.2, 0.25) is 17.5 Å². The van der Waals surface area contributed by atoms with Crippen LogP contribution in [0.1, 0.15) is 68.4 Å². The number of allylic oxidation sites excluding steroid dienone is 2. The monoisotopic (exact) mass is 507 g/mol. The summed E-state index contributed by atoms with van der Waals surface area (Å²) >= 11 is 1.31. The van der Waals surface area contributed by atoms with Crippen molar-refractivity contribution in [2.24, 2.45) is 11.1 Å². The molecule has 0 amide bonds. The van der Waals surface area contributed by atoms with Gasteiger partial charge in [0, 0.05) is 34.7 Å². The third-order valence-electron chi connectivity index (χ3n) is 8.02. The maximum atomic E-state index is 13.8. The zero-order valence-electron chi connectivity index (χ0n) is 20.7. The normalized spacial score (nSPS) is 25.8. The molecule has 1 saturated carbocycles. The minimum atomic E-state index is -0.712. The fourth-order valence-corrected chi connectivity index (χ4v) is 6.51. The SMILES string of the molecule is C=C[C@H](Oc1cc(-c2cnsc2)nc(C(=O)C2=C(N)[C@]3(CCCCC3=O)CCC2)n1)[C@@H]1CCCN1C. The fourth-order valence-electron chi connectivity index (χ4n) is 5.98. The summed E-state index contributed by atoms with van der Waals surface area (Å²) in [6.07, 6.45) is 10.4. The molecule has 3 heterocycles. The number of hydrogen-bond acceptors (Lipinski definition) is 9. The highest BCUT2D eigenvalue weighted by molar-refractivity contribution is 7.03. The number of aromatic nitrogens is 3. The van der Waals surface area contributed by atoms with E-state index in [-0.39, 0.29) is 29.5 Å². The van der Waals surface area contributed by atoms with Crippen LogP contribution in [0.2, 0.25) is 0 Å². The summed E-state index contributed by atoms with van der Waals surface area (Å²) in [5.74, 6) is 0.189. The van der Waals surface area contributed by atoms with Crippen molar-refractivity contribution < 1.29 is 14.3 Å². The molecule has 2 aromatic rings. The fraction of sp³-hybridized carbons (Fsp3) is 0.519. The maximum absolute atomic E-state index is 13.8. The molecule has 3 aliphatic rings. The van der Waals surface area contributed by atoms with Crippen molar-refractivity contribution in [3.8, 4) is 17.1 Å². The number of likely N-dealkylation sites (N-methyl/N-ethyl adjacent to an activating group) is 1. The van der Waals surface area contributed by atoms with Gasteiger partial charge in [0.05, 0.1) is 23.3 Å². The van der Waals surface area contributed by atoms with Crippen LogP contribution in [-0.4, -0.2) is 56.5 Å². The first-order valence-electron chi connectivity index (χ1n) is 12.8. The van der Waals surface area contributed by atoms with Crippen LogP contribution in [-0.2, 0) is 4.79 Å². The van der Waals surface area contributed by atoms with E-state index >= 15 is 0 Å². The summed E-state index contributed by atoms with van der Waals surface area (Å²) in [5, 5.41) is 1.88.